The fourth-order valence-electron chi connectivity index (χ4n) is 3.52. The SMILES string of the molecule is C[C@@H]1CCCC[C@@H]1OCC(=O)N[C@H]1CN(C(=O)OC(C)(C)C)C[C@H]1C#N. The van der Waals surface area contributed by atoms with Crippen molar-refractivity contribution >= 4 is 12.0 Å². The smallest absolute Gasteiger partial charge is 0.410 e. The molecule has 0 bridgehead atoms. The van der Waals surface area contributed by atoms with Crippen molar-refractivity contribution in [2.24, 2.45) is 11.8 Å². The van der Waals surface area contributed by atoms with Gasteiger partial charge in [-0.3, -0.25) is 4.79 Å². The van der Waals surface area contributed by atoms with Crippen LogP contribution in [-0.2, 0) is 14.3 Å². The number of carbonyl (C=O) groups is 2. The predicted octanol–water partition coefficient (Wildman–Crippen LogP) is 2.46. The second-order valence-electron chi connectivity index (χ2n) is 8.41. The molecule has 146 valence electrons. The Labute approximate surface area is 156 Å². The molecule has 1 aliphatic carbocycles. The van der Waals surface area contributed by atoms with Gasteiger partial charge in [-0.05, 0) is 39.5 Å². The summed E-state index contributed by atoms with van der Waals surface area (Å²) in [5.74, 6) is -0.211. The zero-order chi connectivity index (χ0) is 19.3. The van der Waals surface area contributed by atoms with Crippen LogP contribution in [-0.4, -0.2) is 54.3 Å². The summed E-state index contributed by atoms with van der Waals surface area (Å²) in [6.07, 6.45) is 4.16. The lowest BCUT2D eigenvalue weighted by atomic mass is 9.88. The molecule has 2 amide bonds. The molecule has 0 aromatic carbocycles. The normalized spacial score (nSPS) is 29.1. The number of hydrogen-bond acceptors (Lipinski definition) is 5. The summed E-state index contributed by atoms with van der Waals surface area (Å²) in [5, 5.41) is 12.2. The summed E-state index contributed by atoms with van der Waals surface area (Å²) in [4.78, 5) is 25.9. The Morgan fingerprint density at radius 1 is 1.23 bits per heavy atom. The molecule has 1 saturated heterocycles. The highest BCUT2D eigenvalue weighted by molar-refractivity contribution is 5.78. The maximum atomic E-state index is 12.2. The minimum Gasteiger partial charge on any atom is -0.444 e. The Kier molecular flexibility index (Phi) is 6.87. The minimum absolute atomic E-state index is 0.00388. The number of likely N-dealkylation sites (tertiary alicyclic amines) is 1. The van der Waals surface area contributed by atoms with Crippen molar-refractivity contribution in [3.8, 4) is 6.07 Å². The van der Waals surface area contributed by atoms with E-state index in [0.29, 0.717) is 5.92 Å². The third kappa shape index (κ3) is 5.87. The summed E-state index contributed by atoms with van der Waals surface area (Å²) in [5.41, 5.74) is -0.592. The molecular weight excluding hydrogens is 334 g/mol. The van der Waals surface area contributed by atoms with E-state index in [9.17, 15) is 14.9 Å². The summed E-state index contributed by atoms with van der Waals surface area (Å²) in [6.45, 7) is 8.08. The van der Waals surface area contributed by atoms with Gasteiger partial charge in [-0.15, -0.1) is 0 Å². The van der Waals surface area contributed by atoms with Gasteiger partial charge >= 0.3 is 6.09 Å². The second kappa shape index (κ2) is 8.72. The first-order valence-corrected chi connectivity index (χ1v) is 9.48. The van der Waals surface area contributed by atoms with Crippen LogP contribution in [0.3, 0.4) is 0 Å². The lowest BCUT2D eigenvalue weighted by molar-refractivity contribution is -0.130. The number of rotatable bonds is 4. The van der Waals surface area contributed by atoms with E-state index in [2.05, 4.69) is 18.3 Å². The zero-order valence-corrected chi connectivity index (χ0v) is 16.3. The van der Waals surface area contributed by atoms with Gasteiger partial charge in [0.1, 0.15) is 12.2 Å². The second-order valence-corrected chi connectivity index (χ2v) is 8.41. The number of nitrogens with one attached hydrogen (secondary N) is 1. The quantitative estimate of drug-likeness (QED) is 0.826. The van der Waals surface area contributed by atoms with Gasteiger partial charge in [0.05, 0.1) is 24.1 Å². The van der Waals surface area contributed by atoms with Crippen LogP contribution in [0.5, 0.6) is 0 Å². The maximum Gasteiger partial charge on any atom is 0.410 e. The van der Waals surface area contributed by atoms with Crippen LogP contribution in [0, 0.1) is 23.2 Å². The molecule has 0 radical (unpaired) electrons. The summed E-state index contributed by atoms with van der Waals surface area (Å²) in [7, 11) is 0. The van der Waals surface area contributed by atoms with Crippen LogP contribution in [0.15, 0.2) is 0 Å². The lowest BCUT2D eigenvalue weighted by Crippen LogP contribution is -2.43. The molecule has 0 spiro atoms. The molecule has 1 aliphatic heterocycles. The number of amides is 2. The zero-order valence-electron chi connectivity index (χ0n) is 16.3. The molecule has 2 aliphatic rings. The van der Waals surface area contributed by atoms with Gasteiger partial charge < -0.3 is 19.7 Å². The summed E-state index contributed by atoms with van der Waals surface area (Å²) >= 11 is 0. The highest BCUT2D eigenvalue weighted by Gasteiger charge is 2.38. The van der Waals surface area contributed by atoms with Gasteiger partial charge in [0.15, 0.2) is 0 Å². The van der Waals surface area contributed by atoms with Crippen molar-refractivity contribution in [1.29, 1.82) is 5.26 Å². The summed E-state index contributed by atoms with van der Waals surface area (Å²) in [6, 6.07) is 1.78. The van der Waals surface area contributed by atoms with E-state index in [1.807, 2.05) is 0 Å². The van der Waals surface area contributed by atoms with E-state index in [4.69, 9.17) is 9.47 Å². The molecule has 1 heterocycles. The molecule has 0 unspecified atom stereocenters. The van der Waals surface area contributed by atoms with Gasteiger partial charge in [-0.2, -0.15) is 5.26 Å². The largest absolute Gasteiger partial charge is 0.444 e. The third-order valence-corrected chi connectivity index (χ3v) is 4.95. The molecule has 4 atom stereocenters. The molecule has 1 saturated carbocycles. The van der Waals surface area contributed by atoms with E-state index in [0.717, 1.165) is 19.3 Å². The first kappa shape index (κ1) is 20.5. The number of ether oxygens (including phenoxy) is 2. The highest BCUT2D eigenvalue weighted by Crippen LogP contribution is 2.26. The van der Waals surface area contributed by atoms with Gasteiger partial charge in [-0.25, -0.2) is 4.79 Å². The Balaban J connectivity index is 1.82. The number of carbonyl (C=O) groups excluding carboxylic acids is 2. The molecule has 0 aromatic rings. The number of nitriles is 1. The molecule has 7 heteroatoms. The van der Waals surface area contributed by atoms with Crippen LogP contribution in [0.1, 0.15) is 53.4 Å². The van der Waals surface area contributed by atoms with Crippen LogP contribution in [0.25, 0.3) is 0 Å². The van der Waals surface area contributed by atoms with Crippen molar-refractivity contribution in [1.82, 2.24) is 10.2 Å². The molecule has 2 fully saturated rings. The molecular formula is C19H31N3O4. The Hall–Kier alpha value is -1.81. The predicted molar refractivity (Wildman–Crippen MR) is 96.2 cm³/mol. The third-order valence-electron chi connectivity index (χ3n) is 4.95. The van der Waals surface area contributed by atoms with E-state index in [-0.39, 0.29) is 31.7 Å². The van der Waals surface area contributed by atoms with Crippen molar-refractivity contribution < 1.29 is 19.1 Å². The van der Waals surface area contributed by atoms with Gasteiger partial charge in [-0.1, -0.05) is 19.8 Å². The van der Waals surface area contributed by atoms with E-state index < -0.39 is 23.7 Å². The molecule has 26 heavy (non-hydrogen) atoms. The maximum absolute atomic E-state index is 12.2. The van der Waals surface area contributed by atoms with Gasteiger partial charge in [0.25, 0.3) is 0 Å². The number of nitrogens with zero attached hydrogens (tertiary/aromatic N) is 2. The van der Waals surface area contributed by atoms with Crippen LogP contribution in [0.4, 0.5) is 4.79 Å². The minimum atomic E-state index is -0.592. The standard InChI is InChI=1S/C19H31N3O4/c1-13-7-5-6-8-16(13)25-12-17(23)21-15-11-22(10-14(15)9-20)18(24)26-19(2,3)4/h13-16H,5-8,10-12H2,1-4H3,(H,21,23)/t13-,14-,15+,16+/m1/s1. The Bertz CT molecular complexity index is 552. The Morgan fingerprint density at radius 2 is 1.92 bits per heavy atom. The van der Waals surface area contributed by atoms with Gasteiger partial charge in [0.2, 0.25) is 5.91 Å². The fourth-order valence-corrected chi connectivity index (χ4v) is 3.52. The lowest BCUT2D eigenvalue weighted by Gasteiger charge is -2.28. The monoisotopic (exact) mass is 365 g/mol. The number of hydrogen-bond donors (Lipinski definition) is 1. The Morgan fingerprint density at radius 3 is 2.54 bits per heavy atom. The average Bonchev–Trinajstić information content (AvgIpc) is 2.95. The van der Waals surface area contributed by atoms with Crippen molar-refractivity contribution in [3.05, 3.63) is 0 Å². The van der Waals surface area contributed by atoms with Crippen molar-refractivity contribution in [2.75, 3.05) is 19.7 Å². The average molecular weight is 365 g/mol. The van der Waals surface area contributed by atoms with Crippen LogP contribution in [0.2, 0.25) is 0 Å². The van der Waals surface area contributed by atoms with Crippen molar-refractivity contribution in [3.63, 3.8) is 0 Å². The molecule has 0 aromatic heterocycles. The summed E-state index contributed by atoms with van der Waals surface area (Å²) < 4.78 is 11.1. The molecule has 1 N–H and O–H groups in total. The molecule has 2 rings (SSSR count). The highest BCUT2D eigenvalue weighted by atomic mass is 16.6. The molecule has 7 nitrogen and oxygen atoms in total. The first-order chi connectivity index (χ1) is 12.2. The topological polar surface area (TPSA) is 91.7 Å². The first-order valence-electron chi connectivity index (χ1n) is 9.48. The van der Waals surface area contributed by atoms with Crippen LogP contribution >= 0.6 is 0 Å². The van der Waals surface area contributed by atoms with E-state index in [1.54, 1.807) is 20.8 Å². The van der Waals surface area contributed by atoms with E-state index in [1.165, 1.54) is 11.3 Å². The van der Waals surface area contributed by atoms with E-state index >= 15 is 0 Å². The van der Waals surface area contributed by atoms with Crippen LogP contribution < -0.4 is 5.32 Å². The van der Waals surface area contributed by atoms with Gasteiger partial charge in [0, 0.05) is 13.1 Å². The van der Waals surface area contributed by atoms with Crippen molar-refractivity contribution in [2.45, 2.75) is 71.1 Å². The fraction of sp³-hybridized carbons (Fsp3) is 0.842.